The number of aryl methyl sites for hydroxylation is 1. The minimum atomic E-state index is -4.08. The van der Waals surface area contributed by atoms with Crippen LogP contribution in [0.25, 0.3) is 11.1 Å². The molecule has 1 aromatic heterocycles. The number of oxazole rings is 1. The zero-order valence-electron chi connectivity index (χ0n) is 18.5. The van der Waals surface area contributed by atoms with Crippen LogP contribution in [0.5, 0.6) is 11.5 Å². The highest BCUT2D eigenvalue weighted by Gasteiger charge is 2.27. The number of sulfonamides is 1. The number of anilines is 1. The number of rotatable bonds is 7. The molecule has 10 nitrogen and oxygen atoms in total. The lowest BCUT2D eigenvalue weighted by Gasteiger charge is -2.22. The molecule has 2 aromatic carbocycles. The van der Waals surface area contributed by atoms with E-state index in [0.29, 0.717) is 35.9 Å². The molecule has 1 atom stereocenters. The van der Waals surface area contributed by atoms with Crippen molar-refractivity contribution in [2.24, 2.45) is 13.0 Å². The molecule has 1 amide bonds. The molecule has 0 bridgehead atoms. The second-order valence-corrected chi connectivity index (χ2v) is 9.92. The SMILES string of the molecule is CC(C)C[C@@H](NS(=O)(=O)c1ccc2c(c1)oc(=O)n2C)C(=O)Nc1ccc2c(c1)OCCO2. The summed E-state index contributed by atoms with van der Waals surface area (Å²) in [6.07, 6.45) is 0.276. The fourth-order valence-electron chi connectivity index (χ4n) is 3.57. The first-order valence-electron chi connectivity index (χ1n) is 10.5. The molecule has 3 aromatic rings. The summed E-state index contributed by atoms with van der Waals surface area (Å²) in [6, 6.07) is 8.09. The van der Waals surface area contributed by atoms with Crippen molar-refractivity contribution in [1.82, 2.24) is 9.29 Å². The van der Waals surface area contributed by atoms with Gasteiger partial charge in [-0.25, -0.2) is 13.2 Å². The lowest BCUT2D eigenvalue weighted by molar-refractivity contribution is -0.118. The van der Waals surface area contributed by atoms with Crippen molar-refractivity contribution in [2.75, 3.05) is 18.5 Å². The number of nitrogens with one attached hydrogen (secondary N) is 2. The average molecular weight is 476 g/mol. The van der Waals surface area contributed by atoms with E-state index in [1.165, 1.54) is 29.8 Å². The summed E-state index contributed by atoms with van der Waals surface area (Å²) < 4.78 is 46.0. The molecule has 0 saturated carbocycles. The van der Waals surface area contributed by atoms with E-state index in [-0.39, 0.29) is 22.8 Å². The number of benzene rings is 2. The fraction of sp³-hybridized carbons (Fsp3) is 0.364. The van der Waals surface area contributed by atoms with Crippen LogP contribution in [0.4, 0.5) is 5.69 Å². The Balaban J connectivity index is 1.56. The van der Waals surface area contributed by atoms with Crippen LogP contribution < -0.4 is 25.3 Å². The zero-order chi connectivity index (χ0) is 23.8. The second-order valence-electron chi connectivity index (χ2n) is 8.21. The number of hydrogen-bond acceptors (Lipinski definition) is 7. The van der Waals surface area contributed by atoms with E-state index in [2.05, 4.69) is 10.0 Å². The van der Waals surface area contributed by atoms with Crippen molar-refractivity contribution >= 4 is 32.7 Å². The van der Waals surface area contributed by atoms with Crippen LogP contribution in [0, 0.1) is 5.92 Å². The van der Waals surface area contributed by atoms with Crippen molar-refractivity contribution in [2.45, 2.75) is 31.2 Å². The van der Waals surface area contributed by atoms with Crippen molar-refractivity contribution in [1.29, 1.82) is 0 Å². The minimum Gasteiger partial charge on any atom is -0.486 e. The highest BCUT2D eigenvalue weighted by atomic mass is 32.2. The van der Waals surface area contributed by atoms with Gasteiger partial charge in [-0.1, -0.05) is 13.8 Å². The van der Waals surface area contributed by atoms with E-state index in [1.807, 2.05) is 13.8 Å². The topological polar surface area (TPSA) is 129 Å². The second kappa shape index (κ2) is 8.91. The van der Waals surface area contributed by atoms with E-state index in [1.54, 1.807) is 18.2 Å². The van der Waals surface area contributed by atoms with Gasteiger partial charge in [-0.3, -0.25) is 9.36 Å². The number of hydrogen-bond donors (Lipinski definition) is 2. The number of amides is 1. The van der Waals surface area contributed by atoms with Crippen LogP contribution >= 0.6 is 0 Å². The third-order valence-corrected chi connectivity index (χ3v) is 6.67. The van der Waals surface area contributed by atoms with Crippen molar-refractivity contribution in [3.63, 3.8) is 0 Å². The van der Waals surface area contributed by atoms with Gasteiger partial charge >= 0.3 is 5.76 Å². The van der Waals surface area contributed by atoms with E-state index in [9.17, 15) is 18.0 Å². The molecule has 1 aliphatic rings. The maximum Gasteiger partial charge on any atom is 0.419 e. The number of carbonyl (C=O) groups is 1. The highest BCUT2D eigenvalue weighted by molar-refractivity contribution is 7.89. The largest absolute Gasteiger partial charge is 0.486 e. The molecule has 33 heavy (non-hydrogen) atoms. The van der Waals surface area contributed by atoms with Gasteiger partial charge in [0.25, 0.3) is 0 Å². The predicted octanol–water partition coefficient (Wildman–Crippen LogP) is 2.23. The first-order valence-corrected chi connectivity index (χ1v) is 11.9. The fourth-order valence-corrected chi connectivity index (χ4v) is 4.79. The van der Waals surface area contributed by atoms with Crippen molar-refractivity contribution < 1.29 is 27.1 Å². The Kier molecular flexibility index (Phi) is 6.17. The molecule has 2 N–H and O–H groups in total. The van der Waals surface area contributed by atoms with Gasteiger partial charge in [0.2, 0.25) is 15.9 Å². The Morgan fingerprint density at radius 3 is 2.55 bits per heavy atom. The van der Waals surface area contributed by atoms with E-state index in [4.69, 9.17) is 13.9 Å². The highest BCUT2D eigenvalue weighted by Crippen LogP contribution is 2.32. The lowest BCUT2D eigenvalue weighted by Crippen LogP contribution is -2.44. The van der Waals surface area contributed by atoms with Crippen LogP contribution in [0.2, 0.25) is 0 Å². The van der Waals surface area contributed by atoms with Gasteiger partial charge in [-0.05, 0) is 36.6 Å². The van der Waals surface area contributed by atoms with Crippen LogP contribution in [-0.4, -0.2) is 38.1 Å². The van der Waals surface area contributed by atoms with Crippen LogP contribution in [-0.2, 0) is 21.9 Å². The van der Waals surface area contributed by atoms with Gasteiger partial charge in [-0.15, -0.1) is 0 Å². The Bertz CT molecular complexity index is 1360. The molecule has 0 unspecified atom stereocenters. The number of fused-ring (bicyclic) bond motifs is 2. The number of carbonyl (C=O) groups excluding carboxylic acids is 1. The molecule has 0 aliphatic carbocycles. The number of aromatic nitrogens is 1. The number of ether oxygens (including phenoxy) is 2. The first kappa shape index (κ1) is 22.9. The molecule has 1 aliphatic heterocycles. The van der Waals surface area contributed by atoms with Crippen LogP contribution in [0.15, 0.2) is 50.5 Å². The van der Waals surface area contributed by atoms with Gasteiger partial charge in [0, 0.05) is 24.9 Å². The van der Waals surface area contributed by atoms with E-state index in [0.717, 1.165) is 0 Å². The lowest BCUT2D eigenvalue weighted by atomic mass is 10.0. The molecule has 0 radical (unpaired) electrons. The third-order valence-electron chi connectivity index (χ3n) is 5.20. The van der Waals surface area contributed by atoms with Gasteiger partial charge < -0.3 is 19.2 Å². The van der Waals surface area contributed by atoms with Crippen LogP contribution in [0.3, 0.4) is 0 Å². The van der Waals surface area contributed by atoms with Crippen LogP contribution in [0.1, 0.15) is 20.3 Å². The maximum atomic E-state index is 13.1. The average Bonchev–Trinajstić information content (AvgIpc) is 3.05. The summed E-state index contributed by atoms with van der Waals surface area (Å²) in [5, 5.41) is 2.75. The quantitative estimate of drug-likeness (QED) is 0.536. The monoisotopic (exact) mass is 475 g/mol. The Labute approximate surface area is 190 Å². The summed E-state index contributed by atoms with van der Waals surface area (Å²) in [4.78, 5) is 24.6. The molecule has 11 heteroatoms. The predicted molar refractivity (Wildman–Crippen MR) is 121 cm³/mol. The summed E-state index contributed by atoms with van der Waals surface area (Å²) in [5.74, 6) is 0.0398. The normalized spacial score (nSPS) is 14.4. The number of nitrogens with zero attached hydrogens (tertiary/aromatic N) is 1. The van der Waals surface area contributed by atoms with Gasteiger partial charge in [-0.2, -0.15) is 4.72 Å². The minimum absolute atomic E-state index is 0.0401. The summed E-state index contributed by atoms with van der Waals surface area (Å²) in [5.41, 5.74) is 1.07. The Morgan fingerprint density at radius 2 is 1.82 bits per heavy atom. The Hall–Kier alpha value is -3.31. The summed E-state index contributed by atoms with van der Waals surface area (Å²) >= 11 is 0. The molecule has 176 valence electrons. The molecule has 4 rings (SSSR count). The molecule has 0 saturated heterocycles. The van der Waals surface area contributed by atoms with E-state index >= 15 is 0 Å². The molecular formula is C22H25N3O7S. The summed E-state index contributed by atoms with van der Waals surface area (Å²) in [7, 11) is -2.55. The van der Waals surface area contributed by atoms with Gasteiger partial charge in [0.05, 0.1) is 10.4 Å². The molecule has 2 heterocycles. The van der Waals surface area contributed by atoms with Crippen molar-refractivity contribution in [3.05, 3.63) is 46.9 Å². The Morgan fingerprint density at radius 1 is 1.09 bits per heavy atom. The van der Waals surface area contributed by atoms with E-state index < -0.39 is 27.7 Å². The smallest absolute Gasteiger partial charge is 0.419 e. The maximum absolute atomic E-state index is 13.1. The van der Waals surface area contributed by atoms with Crippen molar-refractivity contribution in [3.8, 4) is 11.5 Å². The van der Waals surface area contributed by atoms with Gasteiger partial charge in [0.1, 0.15) is 19.3 Å². The summed E-state index contributed by atoms with van der Waals surface area (Å²) in [6.45, 7) is 4.65. The third kappa shape index (κ3) is 4.88. The zero-order valence-corrected chi connectivity index (χ0v) is 19.3. The standard InChI is InChI=1S/C22H25N3O7S/c1-13(2)10-16(21(26)23-14-4-7-18-20(11-14)31-9-8-30-18)24-33(28,29)15-5-6-17-19(12-15)32-22(27)25(17)3/h4-7,11-13,16,24H,8-10H2,1-3H3,(H,23,26)/t16-/m1/s1. The molecular weight excluding hydrogens is 450 g/mol. The van der Waals surface area contributed by atoms with Gasteiger partial charge in [0.15, 0.2) is 17.1 Å². The molecule has 0 spiro atoms. The molecule has 0 fully saturated rings. The first-order chi connectivity index (χ1) is 15.6.